The van der Waals surface area contributed by atoms with E-state index in [-0.39, 0.29) is 5.91 Å². The molecule has 1 saturated heterocycles. The maximum absolute atomic E-state index is 12.5. The molecule has 0 bridgehead atoms. The van der Waals surface area contributed by atoms with E-state index in [1.807, 2.05) is 24.3 Å². The minimum absolute atomic E-state index is 0.160. The Hall–Kier alpha value is -3.41. The maximum Gasteiger partial charge on any atom is 0.270 e. The average Bonchev–Trinajstić information content (AvgIpc) is 2.80. The van der Waals surface area contributed by atoms with Crippen LogP contribution in [-0.2, 0) is 6.42 Å². The second-order valence-electron chi connectivity index (χ2n) is 7.04. The van der Waals surface area contributed by atoms with Gasteiger partial charge < -0.3 is 15.1 Å². The Balaban J connectivity index is 1.32. The molecule has 6 nitrogen and oxygen atoms in total. The lowest BCUT2D eigenvalue weighted by atomic mass is 10.1. The number of nitrogens with zero attached hydrogens (tertiary/aromatic N) is 4. The number of nitrogens with one attached hydrogen (secondary N) is 1. The van der Waals surface area contributed by atoms with E-state index in [0.717, 1.165) is 32.6 Å². The van der Waals surface area contributed by atoms with Crippen molar-refractivity contribution < 1.29 is 4.79 Å². The standard InChI is InChI=1S/C23H25N5O/c29-22(24-13-11-19-7-3-1-4-8-19)21-12-14-25-23(26-21)28-17-15-27(16-18-28)20-9-5-2-6-10-20/h1-10,12,14H,11,13,15-18H2,(H,24,29). The van der Waals surface area contributed by atoms with E-state index < -0.39 is 0 Å². The van der Waals surface area contributed by atoms with Crippen LogP contribution in [0, 0.1) is 0 Å². The molecule has 1 aliphatic rings. The first-order valence-electron chi connectivity index (χ1n) is 10.00. The van der Waals surface area contributed by atoms with Crippen LogP contribution in [-0.4, -0.2) is 48.6 Å². The fourth-order valence-corrected chi connectivity index (χ4v) is 3.49. The number of para-hydroxylation sites is 1. The van der Waals surface area contributed by atoms with Gasteiger partial charge in [-0.3, -0.25) is 4.79 Å². The molecular formula is C23H25N5O. The van der Waals surface area contributed by atoms with E-state index in [1.54, 1.807) is 12.3 Å². The van der Waals surface area contributed by atoms with E-state index >= 15 is 0 Å². The Morgan fingerprint density at radius 2 is 1.52 bits per heavy atom. The van der Waals surface area contributed by atoms with Crippen LogP contribution in [0.5, 0.6) is 0 Å². The number of carbonyl (C=O) groups is 1. The van der Waals surface area contributed by atoms with Gasteiger partial charge in [-0.15, -0.1) is 0 Å². The highest BCUT2D eigenvalue weighted by atomic mass is 16.1. The number of amides is 1. The maximum atomic E-state index is 12.5. The molecule has 4 rings (SSSR count). The summed E-state index contributed by atoms with van der Waals surface area (Å²) in [5.74, 6) is 0.459. The second-order valence-corrected chi connectivity index (χ2v) is 7.04. The predicted octanol–water partition coefficient (Wildman–Crippen LogP) is 2.78. The number of aromatic nitrogens is 2. The molecule has 0 saturated carbocycles. The number of benzene rings is 2. The van der Waals surface area contributed by atoms with E-state index in [0.29, 0.717) is 18.2 Å². The summed E-state index contributed by atoms with van der Waals surface area (Å²) in [6, 6.07) is 22.2. The zero-order chi connectivity index (χ0) is 19.9. The second kappa shape index (κ2) is 9.19. The molecule has 2 heterocycles. The molecule has 3 aromatic rings. The molecule has 29 heavy (non-hydrogen) atoms. The summed E-state index contributed by atoms with van der Waals surface area (Å²) in [4.78, 5) is 25.9. The highest BCUT2D eigenvalue weighted by molar-refractivity contribution is 5.92. The first kappa shape index (κ1) is 18.9. The third kappa shape index (κ3) is 4.90. The Kier molecular flexibility index (Phi) is 6.00. The molecule has 0 spiro atoms. The summed E-state index contributed by atoms with van der Waals surface area (Å²) in [5.41, 5.74) is 2.85. The number of hydrogen-bond acceptors (Lipinski definition) is 5. The molecule has 0 aliphatic carbocycles. The fraction of sp³-hybridized carbons (Fsp3) is 0.261. The SMILES string of the molecule is O=C(NCCc1ccccc1)c1ccnc(N2CCN(c3ccccc3)CC2)n1. The minimum Gasteiger partial charge on any atom is -0.368 e. The highest BCUT2D eigenvalue weighted by Gasteiger charge is 2.20. The van der Waals surface area contributed by atoms with E-state index in [2.05, 4.69) is 61.5 Å². The minimum atomic E-state index is -0.160. The van der Waals surface area contributed by atoms with Crippen LogP contribution in [0.3, 0.4) is 0 Å². The quantitative estimate of drug-likeness (QED) is 0.705. The zero-order valence-corrected chi connectivity index (χ0v) is 16.4. The molecule has 2 aromatic carbocycles. The van der Waals surface area contributed by atoms with Crippen LogP contribution >= 0.6 is 0 Å². The summed E-state index contributed by atoms with van der Waals surface area (Å²) in [6.07, 6.45) is 2.46. The predicted molar refractivity (Wildman–Crippen MR) is 115 cm³/mol. The van der Waals surface area contributed by atoms with Crippen molar-refractivity contribution in [2.75, 3.05) is 42.5 Å². The summed E-state index contributed by atoms with van der Waals surface area (Å²) in [7, 11) is 0. The molecule has 1 N–H and O–H groups in total. The van der Waals surface area contributed by atoms with Crippen molar-refractivity contribution in [3.8, 4) is 0 Å². The largest absolute Gasteiger partial charge is 0.368 e. The number of rotatable bonds is 6. The Labute approximate surface area is 171 Å². The van der Waals surface area contributed by atoms with Gasteiger partial charge in [-0.2, -0.15) is 0 Å². The molecular weight excluding hydrogens is 362 g/mol. The monoisotopic (exact) mass is 387 g/mol. The van der Waals surface area contributed by atoms with Crippen molar-refractivity contribution >= 4 is 17.5 Å². The lowest BCUT2D eigenvalue weighted by Gasteiger charge is -2.36. The molecule has 148 valence electrons. The lowest BCUT2D eigenvalue weighted by Crippen LogP contribution is -2.47. The van der Waals surface area contributed by atoms with E-state index in [9.17, 15) is 4.79 Å². The summed E-state index contributed by atoms with van der Waals surface area (Å²) < 4.78 is 0. The van der Waals surface area contributed by atoms with Crippen molar-refractivity contribution in [3.05, 3.63) is 84.2 Å². The van der Waals surface area contributed by atoms with Crippen LogP contribution in [0.1, 0.15) is 16.1 Å². The van der Waals surface area contributed by atoms with Crippen LogP contribution < -0.4 is 15.1 Å². The average molecular weight is 387 g/mol. The third-order valence-corrected chi connectivity index (χ3v) is 5.10. The van der Waals surface area contributed by atoms with Crippen molar-refractivity contribution in [3.63, 3.8) is 0 Å². The highest BCUT2D eigenvalue weighted by Crippen LogP contribution is 2.18. The van der Waals surface area contributed by atoms with Crippen molar-refractivity contribution in [1.29, 1.82) is 0 Å². The molecule has 1 amide bonds. The van der Waals surface area contributed by atoms with Crippen LogP contribution in [0.15, 0.2) is 72.9 Å². The molecule has 1 aromatic heterocycles. The molecule has 0 unspecified atom stereocenters. The number of anilines is 2. The van der Waals surface area contributed by atoms with Gasteiger partial charge in [0.2, 0.25) is 5.95 Å². The fourth-order valence-electron chi connectivity index (χ4n) is 3.49. The van der Waals surface area contributed by atoms with Gasteiger partial charge in [-0.05, 0) is 30.2 Å². The van der Waals surface area contributed by atoms with E-state index in [4.69, 9.17) is 0 Å². The normalized spacial score (nSPS) is 13.9. The number of hydrogen-bond donors (Lipinski definition) is 1. The first-order chi connectivity index (χ1) is 14.3. The summed E-state index contributed by atoms with van der Waals surface area (Å²) in [5, 5.41) is 2.95. The molecule has 6 heteroatoms. The van der Waals surface area contributed by atoms with Crippen LogP contribution in [0.4, 0.5) is 11.6 Å². The third-order valence-electron chi connectivity index (χ3n) is 5.10. The Bertz CT molecular complexity index is 924. The van der Waals surface area contributed by atoms with Crippen molar-refractivity contribution in [2.24, 2.45) is 0 Å². The van der Waals surface area contributed by atoms with Gasteiger partial charge in [-0.1, -0.05) is 48.5 Å². The number of piperazine rings is 1. The van der Waals surface area contributed by atoms with Crippen molar-refractivity contribution in [2.45, 2.75) is 6.42 Å². The van der Waals surface area contributed by atoms with Gasteiger partial charge in [0.1, 0.15) is 5.69 Å². The van der Waals surface area contributed by atoms with Crippen LogP contribution in [0.25, 0.3) is 0 Å². The van der Waals surface area contributed by atoms with Crippen molar-refractivity contribution in [1.82, 2.24) is 15.3 Å². The molecule has 0 radical (unpaired) electrons. The van der Waals surface area contributed by atoms with Gasteiger partial charge in [0.05, 0.1) is 0 Å². The number of carbonyl (C=O) groups excluding carboxylic acids is 1. The van der Waals surface area contributed by atoms with Gasteiger partial charge in [-0.25, -0.2) is 9.97 Å². The van der Waals surface area contributed by atoms with E-state index in [1.165, 1.54) is 11.3 Å². The topological polar surface area (TPSA) is 61.4 Å². The first-order valence-corrected chi connectivity index (χ1v) is 10.00. The van der Waals surface area contributed by atoms with Crippen LogP contribution in [0.2, 0.25) is 0 Å². The Morgan fingerprint density at radius 1 is 0.862 bits per heavy atom. The Morgan fingerprint density at radius 3 is 2.24 bits per heavy atom. The van der Waals surface area contributed by atoms with Gasteiger partial charge in [0.15, 0.2) is 0 Å². The van der Waals surface area contributed by atoms with Gasteiger partial charge in [0.25, 0.3) is 5.91 Å². The zero-order valence-electron chi connectivity index (χ0n) is 16.4. The summed E-state index contributed by atoms with van der Waals surface area (Å²) >= 11 is 0. The molecule has 1 fully saturated rings. The van der Waals surface area contributed by atoms with Gasteiger partial charge in [0, 0.05) is 44.6 Å². The van der Waals surface area contributed by atoms with Gasteiger partial charge >= 0.3 is 0 Å². The smallest absolute Gasteiger partial charge is 0.270 e. The molecule has 0 atom stereocenters. The summed E-state index contributed by atoms with van der Waals surface area (Å²) in [6.45, 7) is 4.04. The lowest BCUT2D eigenvalue weighted by molar-refractivity contribution is 0.0949. The molecule has 1 aliphatic heterocycles.